The van der Waals surface area contributed by atoms with Crippen LogP contribution in [-0.4, -0.2) is 58.9 Å². The number of imide groups is 1. The first-order valence-corrected chi connectivity index (χ1v) is 10.2. The van der Waals surface area contributed by atoms with Gasteiger partial charge in [-0.15, -0.1) is 0 Å². The van der Waals surface area contributed by atoms with E-state index in [1.807, 2.05) is 0 Å². The summed E-state index contributed by atoms with van der Waals surface area (Å²) in [5.74, 6) is -1.72. The van der Waals surface area contributed by atoms with Crippen LogP contribution in [0.2, 0.25) is 0 Å². The number of halogens is 6. The van der Waals surface area contributed by atoms with Gasteiger partial charge in [0.05, 0.1) is 29.9 Å². The van der Waals surface area contributed by atoms with E-state index in [9.17, 15) is 40.7 Å². The number of carbonyl (C=O) groups is 3. The van der Waals surface area contributed by atoms with Crippen LogP contribution in [0.25, 0.3) is 0 Å². The van der Waals surface area contributed by atoms with Crippen LogP contribution in [0.5, 0.6) is 0 Å². The van der Waals surface area contributed by atoms with E-state index in [-0.39, 0.29) is 25.4 Å². The fourth-order valence-electron chi connectivity index (χ4n) is 5.22. The Labute approximate surface area is 188 Å². The lowest BCUT2D eigenvalue weighted by Gasteiger charge is -2.33. The predicted molar refractivity (Wildman–Crippen MR) is 104 cm³/mol. The quantitative estimate of drug-likeness (QED) is 0.287. The Balaban J connectivity index is 1.56. The molecule has 3 aliphatic heterocycles. The molecule has 0 aromatic heterocycles. The fourth-order valence-corrected chi connectivity index (χ4v) is 5.22. The maximum Gasteiger partial charge on any atom is 0.433 e. The summed E-state index contributed by atoms with van der Waals surface area (Å²) in [6, 6.07) is 4.58. The minimum absolute atomic E-state index is 0.0447. The number of piperazine rings is 1. The highest BCUT2D eigenvalue weighted by Crippen LogP contribution is 2.45. The highest BCUT2D eigenvalue weighted by Gasteiger charge is 2.73. The van der Waals surface area contributed by atoms with E-state index in [0.717, 1.165) is 30.3 Å². The Morgan fingerprint density at radius 2 is 1.62 bits per heavy atom. The second kappa shape index (κ2) is 7.12. The standard InChI is InChI=1S/C22H16F6N3O3/c23-21(24,25)12-4-3-5-13(8-12)30-19(33)17-10-29-9-16(31(17,11-29)20(30)34)18(32)14-6-1-2-7-15(14)22(26,27)28/h1-8,16-17H,9-11H2/q+1. The summed E-state index contributed by atoms with van der Waals surface area (Å²) in [6.07, 6.45) is -9.53. The van der Waals surface area contributed by atoms with E-state index in [4.69, 9.17) is 0 Å². The van der Waals surface area contributed by atoms with Crippen LogP contribution >= 0.6 is 0 Å². The summed E-state index contributed by atoms with van der Waals surface area (Å²) in [5, 5.41) is 0. The fraction of sp³-hybridized carbons (Fsp3) is 0.318. The van der Waals surface area contributed by atoms with Crippen molar-refractivity contribution in [2.75, 3.05) is 24.7 Å². The number of alkyl halides is 6. The second-order valence-electron chi connectivity index (χ2n) is 8.55. The van der Waals surface area contributed by atoms with Crippen LogP contribution < -0.4 is 4.90 Å². The van der Waals surface area contributed by atoms with Crippen LogP contribution in [0.3, 0.4) is 0 Å². The molecule has 178 valence electrons. The highest BCUT2D eigenvalue weighted by atomic mass is 19.4. The van der Waals surface area contributed by atoms with Crippen molar-refractivity contribution >= 4 is 23.4 Å². The zero-order valence-corrected chi connectivity index (χ0v) is 17.2. The SMILES string of the molecule is O=C(c1ccccc1C(F)(F)F)C1CN2CC3C(=O)N(c4cccc(C(F)(F)F)c4)C(=O)[N+]13C2. The molecule has 2 aromatic carbocycles. The number of fused-ring (bicyclic) bond motifs is 1. The number of hydrogen-bond donors (Lipinski definition) is 0. The lowest BCUT2D eigenvalue weighted by atomic mass is 9.95. The van der Waals surface area contributed by atoms with Crippen molar-refractivity contribution in [3.8, 4) is 0 Å². The number of urea groups is 1. The molecule has 12 heteroatoms. The summed E-state index contributed by atoms with van der Waals surface area (Å²) in [6.45, 7) is -0.0585. The summed E-state index contributed by atoms with van der Waals surface area (Å²) in [4.78, 5) is 42.3. The molecule has 4 atom stereocenters. The lowest BCUT2D eigenvalue weighted by molar-refractivity contribution is -0.852. The van der Waals surface area contributed by atoms with Crippen molar-refractivity contribution in [1.29, 1.82) is 0 Å². The summed E-state index contributed by atoms with van der Waals surface area (Å²) >= 11 is 0. The third-order valence-electron chi connectivity index (χ3n) is 6.69. The number of carbonyl (C=O) groups excluding carboxylic acids is 3. The van der Waals surface area contributed by atoms with Crippen molar-refractivity contribution in [3.05, 3.63) is 65.2 Å². The molecular weight excluding hydrogens is 468 g/mol. The minimum atomic E-state index is -4.81. The van der Waals surface area contributed by atoms with Gasteiger partial charge in [0.25, 0.3) is 5.91 Å². The molecule has 2 aromatic rings. The summed E-state index contributed by atoms with van der Waals surface area (Å²) in [7, 11) is 0. The average Bonchev–Trinajstić information content (AvgIpc) is 3.40. The number of nitrogens with zero attached hydrogens (tertiary/aromatic N) is 3. The van der Waals surface area contributed by atoms with Gasteiger partial charge in [-0.25, -0.2) is 14.2 Å². The Bertz CT molecular complexity index is 1230. The average molecular weight is 484 g/mol. The molecule has 3 aliphatic rings. The normalized spacial score (nSPS) is 28.5. The summed E-state index contributed by atoms with van der Waals surface area (Å²) in [5.41, 5.74) is -3.13. The Kier molecular flexibility index (Phi) is 4.72. The van der Waals surface area contributed by atoms with Crippen LogP contribution in [0, 0.1) is 0 Å². The molecule has 3 amide bonds. The first kappa shape index (κ1) is 22.5. The van der Waals surface area contributed by atoms with E-state index in [1.165, 1.54) is 12.1 Å². The monoisotopic (exact) mass is 484 g/mol. The molecule has 1 spiro atoms. The number of Topliss-reactive ketones (excluding diaryl/α,β-unsaturated/α-hetero) is 1. The lowest BCUT2D eigenvalue weighted by Crippen LogP contribution is -2.62. The van der Waals surface area contributed by atoms with Gasteiger partial charge in [0.1, 0.15) is 6.67 Å². The van der Waals surface area contributed by atoms with Gasteiger partial charge in [-0.3, -0.25) is 9.59 Å². The van der Waals surface area contributed by atoms with E-state index in [0.29, 0.717) is 11.0 Å². The van der Waals surface area contributed by atoms with Gasteiger partial charge in [0, 0.05) is 5.56 Å². The predicted octanol–water partition coefficient (Wildman–Crippen LogP) is 3.91. The zero-order valence-electron chi connectivity index (χ0n) is 17.2. The highest BCUT2D eigenvalue weighted by molar-refractivity contribution is 6.19. The Morgan fingerprint density at radius 3 is 2.29 bits per heavy atom. The van der Waals surface area contributed by atoms with Gasteiger partial charge < -0.3 is 0 Å². The molecule has 3 heterocycles. The molecule has 0 N–H and O–H groups in total. The van der Waals surface area contributed by atoms with Crippen molar-refractivity contribution in [2.24, 2.45) is 0 Å². The van der Waals surface area contributed by atoms with Crippen molar-refractivity contribution in [2.45, 2.75) is 24.4 Å². The second-order valence-corrected chi connectivity index (χ2v) is 8.55. The van der Waals surface area contributed by atoms with Crippen LogP contribution in [-0.2, 0) is 17.1 Å². The number of ketones is 1. The third kappa shape index (κ3) is 3.08. The molecule has 4 unspecified atom stereocenters. The molecule has 3 fully saturated rings. The molecular formula is C22H16F6N3O3+. The van der Waals surface area contributed by atoms with Gasteiger partial charge in [-0.05, 0) is 24.3 Å². The number of amides is 3. The van der Waals surface area contributed by atoms with E-state index < -0.39 is 63.3 Å². The first-order chi connectivity index (χ1) is 15.9. The number of hydrogen-bond acceptors (Lipinski definition) is 4. The molecule has 0 radical (unpaired) electrons. The number of quaternary nitrogens is 1. The molecule has 34 heavy (non-hydrogen) atoms. The number of rotatable bonds is 3. The van der Waals surface area contributed by atoms with Gasteiger partial charge >= 0.3 is 18.4 Å². The van der Waals surface area contributed by atoms with E-state index in [1.54, 1.807) is 4.90 Å². The molecule has 6 nitrogen and oxygen atoms in total. The maximum atomic E-state index is 13.6. The van der Waals surface area contributed by atoms with Gasteiger partial charge in [0.15, 0.2) is 12.1 Å². The number of benzene rings is 2. The smallest absolute Gasteiger partial charge is 0.287 e. The van der Waals surface area contributed by atoms with Gasteiger partial charge in [0.2, 0.25) is 5.78 Å². The molecule has 3 saturated heterocycles. The van der Waals surface area contributed by atoms with Crippen molar-refractivity contribution in [3.63, 3.8) is 0 Å². The summed E-state index contributed by atoms with van der Waals surface area (Å²) < 4.78 is 79.3. The maximum absolute atomic E-state index is 13.6. The third-order valence-corrected chi connectivity index (χ3v) is 6.69. The Morgan fingerprint density at radius 1 is 0.912 bits per heavy atom. The minimum Gasteiger partial charge on any atom is -0.287 e. The molecule has 5 rings (SSSR count). The van der Waals surface area contributed by atoms with Crippen molar-refractivity contribution in [1.82, 2.24) is 4.90 Å². The zero-order chi connectivity index (χ0) is 24.6. The largest absolute Gasteiger partial charge is 0.433 e. The van der Waals surface area contributed by atoms with Crippen LogP contribution in [0.4, 0.5) is 36.8 Å². The van der Waals surface area contributed by atoms with Gasteiger partial charge in [-0.2, -0.15) is 31.2 Å². The van der Waals surface area contributed by atoms with Crippen LogP contribution in [0.15, 0.2) is 48.5 Å². The Hall–Kier alpha value is -3.25. The van der Waals surface area contributed by atoms with Crippen LogP contribution in [0.1, 0.15) is 21.5 Å². The van der Waals surface area contributed by atoms with Gasteiger partial charge in [-0.1, -0.05) is 24.3 Å². The van der Waals surface area contributed by atoms with E-state index in [2.05, 4.69) is 0 Å². The van der Waals surface area contributed by atoms with Crippen molar-refractivity contribution < 1.29 is 45.2 Å². The topological polar surface area (TPSA) is 57.7 Å². The first-order valence-electron chi connectivity index (χ1n) is 10.2. The molecule has 0 saturated carbocycles. The van der Waals surface area contributed by atoms with E-state index >= 15 is 0 Å². The number of anilines is 1. The molecule has 0 aliphatic carbocycles. The molecule has 2 bridgehead atoms.